The number of rotatable bonds is 3. The molecule has 0 saturated heterocycles. The molecule has 0 aliphatic carbocycles. The molecule has 14 heavy (non-hydrogen) atoms. The quantitative estimate of drug-likeness (QED) is 0.787. The Labute approximate surface area is 83.3 Å². The number of aliphatic hydroxyl groups is 1. The van der Waals surface area contributed by atoms with Crippen molar-refractivity contribution in [3.05, 3.63) is 28.8 Å². The van der Waals surface area contributed by atoms with E-state index in [0.717, 1.165) is 11.3 Å². The van der Waals surface area contributed by atoms with Gasteiger partial charge >= 0.3 is 0 Å². The largest absolute Gasteiger partial charge is 0.496 e. The molecule has 0 saturated carbocycles. The Kier molecular flexibility index (Phi) is 2.70. The van der Waals surface area contributed by atoms with Crippen LogP contribution < -0.4 is 4.74 Å². The lowest BCUT2D eigenvalue weighted by molar-refractivity contribution is 0.134. The lowest BCUT2D eigenvalue weighted by atomic mass is 10.00. The average Bonchev–Trinajstić information content (AvgIpc) is 2.67. The highest BCUT2D eigenvalue weighted by Gasteiger charge is 2.18. The maximum Gasteiger partial charge on any atom is 0.122 e. The maximum absolute atomic E-state index is 8.97. The van der Waals surface area contributed by atoms with E-state index in [2.05, 4.69) is 0 Å². The molecule has 0 unspecified atom stereocenters. The molecule has 1 heterocycles. The zero-order valence-corrected chi connectivity index (χ0v) is 8.25. The predicted octanol–water partition coefficient (Wildman–Crippen LogP) is 1.26. The summed E-state index contributed by atoms with van der Waals surface area (Å²) in [5.74, 6) is 0.850. The predicted molar refractivity (Wildman–Crippen MR) is 52.3 cm³/mol. The zero-order valence-electron chi connectivity index (χ0n) is 8.25. The van der Waals surface area contributed by atoms with Gasteiger partial charge < -0.3 is 14.6 Å². The van der Waals surface area contributed by atoms with Gasteiger partial charge in [0.25, 0.3) is 0 Å². The highest BCUT2D eigenvalue weighted by atomic mass is 16.5. The maximum atomic E-state index is 8.97. The summed E-state index contributed by atoms with van der Waals surface area (Å²) in [4.78, 5) is 0. The number of methoxy groups -OCH3 is 1. The van der Waals surface area contributed by atoms with Gasteiger partial charge in [0, 0.05) is 12.2 Å². The van der Waals surface area contributed by atoms with Crippen LogP contribution in [0.3, 0.4) is 0 Å². The van der Waals surface area contributed by atoms with Gasteiger partial charge in [-0.25, -0.2) is 0 Å². The van der Waals surface area contributed by atoms with Crippen LogP contribution in [0.5, 0.6) is 5.75 Å². The molecule has 3 heteroatoms. The van der Waals surface area contributed by atoms with E-state index in [0.29, 0.717) is 19.6 Å². The molecule has 1 aliphatic rings. The third-order valence-corrected chi connectivity index (χ3v) is 2.57. The minimum Gasteiger partial charge on any atom is -0.496 e. The number of hydrogen-bond donors (Lipinski definition) is 1. The lowest BCUT2D eigenvalue weighted by Gasteiger charge is -2.11. The highest BCUT2D eigenvalue weighted by Crippen LogP contribution is 2.30. The van der Waals surface area contributed by atoms with Crippen molar-refractivity contribution < 1.29 is 14.6 Å². The van der Waals surface area contributed by atoms with E-state index >= 15 is 0 Å². The van der Waals surface area contributed by atoms with Crippen molar-refractivity contribution in [2.45, 2.75) is 19.6 Å². The summed E-state index contributed by atoms with van der Waals surface area (Å²) in [6, 6.07) is 3.97. The van der Waals surface area contributed by atoms with Crippen LogP contribution in [0.1, 0.15) is 16.7 Å². The molecule has 0 bridgehead atoms. The monoisotopic (exact) mass is 194 g/mol. The van der Waals surface area contributed by atoms with Crippen LogP contribution in [-0.4, -0.2) is 18.8 Å². The molecule has 1 N–H and O–H groups in total. The van der Waals surface area contributed by atoms with Gasteiger partial charge in [0.2, 0.25) is 0 Å². The molecule has 0 radical (unpaired) electrons. The summed E-state index contributed by atoms with van der Waals surface area (Å²) >= 11 is 0. The SMILES string of the molecule is COc1ccc2c(c1CCO)COC2. The molecule has 0 fully saturated rings. The normalized spacial score (nSPS) is 14.1. The van der Waals surface area contributed by atoms with E-state index in [-0.39, 0.29) is 6.61 Å². The van der Waals surface area contributed by atoms with E-state index in [1.54, 1.807) is 7.11 Å². The number of fused-ring (bicyclic) bond motifs is 1. The van der Waals surface area contributed by atoms with Crippen molar-refractivity contribution in [3.63, 3.8) is 0 Å². The molecular weight excluding hydrogens is 180 g/mol. The number of hydrogen-bond acceptors (Lipinski definition) is 3. The minimum absolute atomic E-state index is 0.146. The van der Waals surface area contributed by atoms with Crippen LogP contribution in [0.2, 0.25) is 0 Å². The molecule has 1 aliphatic heterocycles. The van der Waals surface area contributed by atoms with Crippen molar-refractivity contribution >= 4 is 0 Å². The summed E-state index contributed by atoms with van der Waals surface area (Å²) in [7, 11) is 1.65. The van der Waals surface area contributed by atoms with Crippen molar-refractivity contribution in [1.29, 1.82) is 0 Å². The van der Waals surface area contributed by atoms with Crippen LogP contribution in [0, 0.1) is 0 Å². The van der Waals surface area contributed by atoms with Crippen LogP contribution in [0.15, 0.2) is 12.1 Å². The first-order valence-electron chi connectivity index (χ1n) is 4.73. The fourth-order valence-electron chi connectivity index (χ4n) is 1.88. The molecule has 3 nitrogen and oxygen atoms in total. The summed E-state index contributed by atoms with van der Waals surface area (Å²) in [6.45, 7) is 1.46. The Morgan fingerprint density at radius 3 is 3.00 bits per heavy atom. The second-order valence-corrected chi connectivity index (χ2v) is 3.35. The van der Waals surface area contributed by atoms with Gasteiger partial charge in [-0.05, 0) is 23.6 Å². The Morgan fingerprint density at radius 2 is 2.29 bits per heavy atom. The summed E-state index contributed by atoms with van der Waals surface area (Å²) in [5.41, 5.74) is 3.50. The molecule has 0 spiro atoms. The fraction of sp³-hybridized carbons (Fsp3) is 0.455. The summed E-state index contributed by atoms with van der Waals surface area (Å²) < 4.78 is 10.6. The Hall–Kier alpha value is -1.06. The van der Waals surface area contributed by atoms with Gasteiger partial charge in [0.15, 0.2) is 0 Å². The van der Waals surface area contributed by atoms with E-state index in [1.807, 2.05) is 12.1 Å². The molecule has 1 aromatic rings. The average molecular weight is 194 g/mol. The van der Waals surface area contributed by atoms with Crippen molar-refractivity contribution in [1.82, 2.24) is 0 Å². The van der Waals surface area contributed by atoms with Crippen LogP contribution >= 0.6 is 0 Å². The Bertz CT molecular complexity index is 334. The molecule has 1 aromatic carbocycles. The number of benzene rings is 1. The second-order valence-electron chi connectivity index (χ2n) is 3.35. The summed E-state index contributed by atoms with van der Waals surface area (Å²) in [6.07, 6.45) is 0.635. The van der Waals surface area contributed by atoms with Crippen molar-refractivity contribution in [2.24, 2.45) is 0 Å². The molecule has 0 atom stereocenters. The third-order valence-electron chi connectivity index (χ3n) is 2.57. The van der Waals surface area contributed by atoms with E-state index < -0.39 is 0 Å². The van der Waals surface area contributed by atoms with Crippen LogP contribution in [0.25, 0.3) is 0 Å². The van der Waals surface area contributed by atoms with E-state index in [4.69, 9.17) is 14.6 Å². The number of ether oxygens (including phenoxy) is 2. The van der Waals surface area contributed by atoms with Gasteiger partial charge in [-0.1, -0.05) is 6.07 Å². The molecule has 2 rings (SSSR count). The van der Waals surface area contributed by atoms with Gasteiger partial charge in [0.1, 0.15) is 5.75 Å². The zero-order chi connectivity index (χ0) is 9.97. The Morgan fingerprint density at radius 1 is 1.43 bits per heavy atom. The molecule has 0 aromatic heterocycles. The van der Waals surface area contributed by atoms with Gasteiger partial charge in [-0.15, -0.1) is 0 Å². The van der Waals surface area contributed by atoms with Crippen LogP contribution in [0.4, 0.5) is 0 Å². The van der Waals surface area contributed by atoms with Crippen LogP contribution in [-0.2, 0) is 24.4 Å². The van der Waals surface area contributed by atoms with E-state index in [1.165, 1.54) is 11.1 Å². The topological polar surface area (TPSA) is 38.7 Å². The smallest absolute Gasteiger partial charge is 0.122 e. The standard InChI is InChI=1S/C11H14O3/c1-13-11-3-2-8-6-14-7-10(8)9(11)4-5-12/h2-3,12H,4-7H2,1H3. The lowest BCUT2D eigenvalue weighted by Crippen LogP contribution is -2.01. The first kappa shape index (κ1) is 9.49. The first-order chi connectivity index (χ1) is 6.86. The first-order valence-corrected chi connectivity index (χ1v) is 4.73. The Balaban J connectivity index is 2.45. The fourth-order valence-corrected chi connectivity index (χ4v) is 1.88. The van der Waals surface area contributed by atoms with Gasteiger partial charge in [-0.2, -0.15) is 0 Å². The summed E-state index contributed by atoms with van der Waals surface area (Å²) in [5, 5.41) is 8.97. The molecule has 0 amide bonds. The van der Waals surface area contributed by atoms with Crippen molar-refractivity contribution in [3.8, 4) is 5.75 Å². The second kappa shape index (κ2) is 3.98. The van der Waals surface area contributed by atoms with Crippen molar-refractivity contribution in [2.75, 3.05) is 13.7 Å². The number of aliphatic hydroxyl groups excluding tert-OH is 1. The third kappa shape index (κ3) is 1.49. The highest BCUT2D eigenvalue weighted by molar-refractivity contribution is 5.46. The molecular formula is C11H14O3. The molecule has 76 valence electrons. The van der Waals surface area contributed by atoms with Gasteiger partial charge in [-0.3, -0.25) is 0 Å². The van der Waals surface area contributed by atoms with Gasteiger partial charge in [0.05, 0.1) is 20.3 Å². The van der Waals surface area contributed by atoms with E-state index in [9.17, 15) is 0 Å². The minimum atomic E-state index is 0.146.